The number of alkyl halides is 3. The van der Waals surface area contributed by atoms with E-state index in [1.54, 1.807) is 0 Å². The third kappa shape index (κ3) is 3.23. The first-order valence-electron chi connectivity index (χ1n) is 5.30. The van der Waals surface area contributed by atoms with Gasteiger partial charge in [0, 0.05) is 11.8 Å². The fourth-order valence-corrected chi connectivity index (χ4v) is 3.17. The van der Waals surface area contributed by atoms with Gasteiger partial charge < -0.3 is 0 Å². The Labute approximate surface area is 152 Å². The van der Waals surface area contributed by atoms with Crippen LogP contribution in [-0.4, -0.2) is 4.98 Å². The number of aromatic nitrogens is 1. The molecule has 0 amide bonds. The Morgan fingerprint density at radius 3 is 1.64 bits per heavy atom. The highest BCUT2D eigenvalue weighted by Gasteiger charge is 2.32. The van der Waals surface area contributed by atoms with Crippen LogP contribution in [0.15, 0.2) is 12.3 Å². The minimum absolute atomic E-state index is 0.00135. The zero-order valence-electron chi connectivity index (χ0n) is 10.0. The van der Waals surface area contributed by atoms with E-state index in [0.717, 1.165) is 0 Å². The van der Waals surface area contributed by atoms with Crippen molar-refractivity contribution in [2.45, 2.75) is 6.18 Å². The Morgan fingerprint density at radius 2 is 1.23 bits per heavy atom. The number of hydrogen-bond acceptors (Lipinski definition) is 1. The topological polar surface area (TPSA) is 12.9 Å². The Bertz CT molecular complexity index is 730. The molecule has 0 saturated carbocycles. The normalized spacial score (nSPS) is 11.9. The molecule has 0 spiro atoms. The first-order chi connectivity index (χ1) is 10.1. The maximum atomic E-state index is 12.6. The van der Waals surface area contributed by atoms with Crippen molar-refractivity contribution in [1.29, 1.82) is 0 Å². The van der Waals surface area contributed by atoms with Gasteiger partial charge in [0.25, 0.3) is 0 Å². The van der Waals surface area contributed by atoms with Crippen molar-refractivity contribution in [1.82, 2.24) is 4.98 Å². The molecule has 0 atom stereocenters. The van der Waals surface area contributed by atoms with Crippen LogP contribution in [-0.2, 0) is 6.18 Å². The second kappa shape index (κ2) is 6.42. The summed E-state index contributed by atoms with van der Waals surface area (Å²) >= 11 is 35.6. The first-order valence-corrected chi connectivity index (χ1v) is 7.57. The van der Waals surface area contributed by atoms with Crippen molar-refractivity contribution in [3.63, 3.8) is 0 Å². The molecule has 0 aliphatic carbocycles. The maximum Gasteiger partial charge on any atom is 0.417 e. The molecule has 0 unspecified atom stereocenters. The average Bonchev–Trinajstić information content (AvgIpc) is 2.43. The lowest BCUT2D eigenvalue weighted by atomic mass is 10.1. The van der Waals surface area contributed by atoms with Crippen LogP contribution in [0.25, 0.3) is 11.3 Å². The molecule has 118 valence electrons. The summed E-state index contributed by atoms with van der Waals surface area (Å²) < 4.78 is 37.9. The quantitative estimate of drug-likeness (QED) is 0.334. The van der Waals surface area contributed by atoms with Gasteiger partial charge >= 0.3 is 6.18 Å². The minimum atomic E-state index is -4.59. The monoisotopic (exact) mass is 427 g/mol. The van der Waals surface area contributed by atoms with Crippen molar-refractivity contribution in [3.05, 3.63) is 48.0 Å². The van der Waals surface area contributed by atoms with Crippen molar-refractivity contribution in [2.75, 3.05) is 0 Å². The van der Waals surface area contributed by atoms with E-state index in [9.17, 15) is 13.2 Å². The summed E-state index contributed by atoms with van der Waals surface area (Å²) in [6.07, 6.45) is -3.98. The first kappa shape index (κ1) is 18.2. The lowest BCUT2D eigenvalue weighted by Gasteiger charge is -2.14. The van der Waals surface area contributed by atoms with E-state index >= 15 is 0 Å². The smallest absolute Gasteiger partial charge is 0.254 e. The lowest BCUT2D eigenvalue weighted by molar-refractivity contribution is -0.137. The van der Waals surface area contributed by atoms with Crippen LogP contribution >= 0.6 is 69.6 Å². The zero-order chi connectivity index (χ0) is 16.8. The second-order valence-corrected chi connectivity index (χ2v) is 6.29. The Morgan fingerprint density at radius 1 is 0.773 bits per heavy atom. The molecule has 0 aliphatic heterocycles. The molecular weight excluding hydrogens is 428 g/mol. The molecule has 1 nitrogen and oxygen atoms in total. The molecule has 1 aromatic carbocycles. The molecule has 2 rings (SSSR count). The van der Waals surface area contributed by atoms with Crippen molar-refractivity contribution >= 4 is 69.6 Å². The summed E-state index contributed by atoms with van der Waals surface area (Å²) in [5.41, 5.74) is -1.11. The molecule has 10 heteroatoms. The number of hydrogen-bond donors (Lipinski definition) is 0. The molecule has 1 heterocycles. The molecule has 2 aromatic rings. The van der Waals surface area contributed by atoms with Gasteiger partial charge in [-0.3, -0.25) is 4.98 Å². The van der Waals surface area contributed by atoms with Crippen LogP contribution in [0.5, 0.6) is 0 Å². The molecule has 0 aliphatic rings. The van der Waals surface area contributed by atoms with Crippen LogP contribution in [0, 0.1) is 0 Å². The minimum Gasteiger partial charge on any atom is -0.254 e. The molecule has 0 saturated heterocycles. The summed E-state index contributed by atoms with van der Waals surface area (Å²) in [7, 11) is 0. The third-order valence-electron chi connectivity index (χ3n) is 2.62. The van der Waals surface area contributed by atoms with E-state index < -0.39 is 11.7 Å². The van der Waals surface area contributed by atoms with Crippen molar-refractivity contribution < 1.29 is 13.2 Å². The highest BCUT2D eigenvalue weighted by atomic mass is 35.5. The highest BCUT2D eigenvalue weighted by molar-refractivity contribution is 6.56. The highest BCUT2D eigenvalue weighted by Crippen LogP contribution is 2.49. The van der Waals surface area contributed by atoms with Crippen LogP contribution in [0.1, 0.15) is 5.56 Å². The second-order valence-electron chi connectivity index (χ2n) is 4.00. The van der Waals surface area contributed by atoms with E-state index in [-0.39, 0.29) is 41.4 Å². The fraction of sp³-hybridized carbons (Fsp3) is 0.0833. The molecule has 0 fully saturated rings. The molecule has 1 aromatic heterocycles. The van der Waals surface area contributed by atoms with E-state index in [4.69, 9.17) is 69.6 Å². The molecule has 0 radical (unpaired) electrons. The predicted octanol–water partition coefficient (Wildman–Crippen LogP) is 7.69. The van der Waals surface area contributed by atoms with Crippen molar-refractivity contribution in [2.24, 2.45) is 0 Å². The molecule has 0 N–H and O–H groups in total. The van der Waals surface area contributed by atoms with Gasteiger partial charge in [0.05, 0.1) is 41.4 Å². The third-order valence-corrected chi connectivity index (χ3v) is 5.18. The van der Waals surface area contributed by atoms with Crippen LogP contribution in [0.2, 0.25) is 30.1 Å². The molecular formula is C12H2Cl6F3N. The largest absolute Gasteiger partial charge is 0.417 e. The number of halogens is 9. The van der Waals surface area contributed by atoms with Crippen LogP contribution in [0.3, 0.4) is 0 Å². The molecule has 0 bridgehead atoms. The standard InChI is InChI=1S/C12H2Cl6F3N/c13-4-1-3(12(19,20)21)2-22-11(4)5-6(14)8(16)10(18)9(17)7(5)15/h1-2H. The lowest BCUT2D eigenvalue weighted by Crippen LogP contribution is -2.06. The van der Waals surface area contributed by atoms with E-state index in [1.807, 2.05) is 0 Å². The Kier molecular flexibility index (Phi) is 5.32. The Hall–Kier alpha value is -0.100. The van der Waals surface area contributed by atoms with Gasteiger partial charge in [0.1, 0.15) is 0 Å². The van der Waals surface area contributed by atoms with E-state index in [1.165, 1.54) is 0 Å². The average molecular weight is 430 g/mol. The summed E-state index contributed by atoms with van der Waals surface area (Å²) in [5.74, 6) is 0. The summed E-state index contributed by atoms with van der Waals surface area (Å²) in [5, 5.41) is -0.834. The molecule has 22 heavy (non-hydrogen) atoms. The van der Waals surface area contributed by atoms with E-state index in [2.05, 4.69) is 4.98 Å². The number of benzene rings is 1. The van der Waals surface area contributed by atoms with Gasteiger partial charge in [0.15, 0.2) is 0 Å². The predicted molar refractivity (Wildman–Crippen MR) is 84.7 cm³/mol. The van der Waals surface area contributed by atoms with Gasteiger partial charge in [0.2, 0.25) is 0 Å². The Balaban J connectivity index is 2.74. The van der Waals surface area contributed by atoms with Gasteiger partial charge in [-0.25, -0.2) is 0 Å². The van der Waals surface area contributed by atoms with Gasteiger partial charge in [-0.15, -0.1) is 0 Å². The zero-order valence-corrected chi connectivity index (χ0v) is 14.5. The SMILES string of the molecule is FC(F)(F)c1cnc(-c2c(Cl)c(Cl)c(Cl)c(Cl)c2Cl)c(Cl)c1. The van der Waals surface area contributed by atoms with E-state index in [0.29, 0.717) is 12.3 Å². The maximum absolute atomic E-state index is 12.6. The summed E-state index contributed by atoms with van der Waals surface area (Å²) in [6.45, 7) is 0. The van der Waals surface area contributed by atoms with Gasteiger partial charge in [-0.05, 0) is 6.07 Å². The van der Waals surface area contributed by atoms with Gasteiger partial charge in [-0.2, -0.15) is 13.2 Å². The van der Waals surface area contributed by atoms with Crippen LogP contribution < -0.4 is 0 Å². The number of nitrogens with zero attached hydrogens (tertiary/aromatic N) is 1. The van der Waals surface area contributed by atoms with Crippen molar-refractivity contribution in [3.8, 4) is 11.3 Å². The number of pyridine rings is 1. The summed E-state index contributed by atoms with van der Waals surface area (Å²) in [4.78, 5) is 3.67. The van der Waals surface area contributed by atoms with Gasteiger partial charge in [-0.1, -0.05) is 69.6 Å². The summed E-state index contributed by atoms with van der Waals surface area (Å²) in [6, 6.07) is 0.701. The van der Waals surface area contributed by atoms with Crippen LogP contribution in [0.4, 0.5) is 13.2 Å². The number of rotatable bonds is 1. The fourth-order valence-electron chi connectivity index (χ4n) is 1.59.